The highest BCUT2D eigenvalue weighted by Gasteiger charge is 2.44. The first-order chi connectivity index (χ1) is 14.6. The molecule has 174 valence electrons. The summed E-state index contributed by atoms with van der Waals surface area (Å²) in [7, 11) is 0. The van der Waals surface area contributed by atoms with E-state index in [-0.39, 0.29) is 6.42 Å². The monoisotopic (exact) mass is 446 g/mol. The first-order valence-electron chi connectivity index (χ1n) is 12.1. The van der Waals surface area contributed by atoms with Gasteiger partial charge in [-0.3, -0.25) is 0 Å². The van der Waals surface area contributed by atoms with Crippen LogP contribution in [0.1, 0.15) is 85.5 Å². The van der Waals surface area contributed by atoms with Crippen LogP contribution >= 0.6 is 11.8 Å². The number of rotatable bonds is 7. The van der Waals surface area contributed by atoms with Crippen LogP contribution in [0.4, 0.5) is 0 Å². The smallest absolute Gasteiger partial charge is 0.117 e. The minimum absolute atomic E-state index is 0.262. The van der Waals surface area contributed by atoms with Crippen molar-refractivity contribution in [1.82, 2.24) is 0 Å². The SMILES string of the molecule is C=C1C(=CC=C2CCC[C@]3(C)C(CC)=CC[C@@H]23)C[C@](O)(SCC(O)(CC)CC)C[C@@H]1O. The minimum atomic E-state index is -1.07. The van der Waals surface area contributed by atoms with E-state index < -0.39 is 16.6 Å². The molecule has 2 saturated carbocycles. The minimum Gasteiger partial charge on any atom is -0.389 e. The van der Waals surface area contributed by atoms with Crippen LogP contribution in [0, 0.1) is 11.3 Å². The maximum absolute atomic E-state index is 11.3. The lowest BCUT2D eigenvalue weighted by atomic mass is 9.64. The van der Waals surface area contributed by atoms with Gasteiger partial charge in [0, 0.05) is 18.6 Å². The highest BCUT2D eigenvalue weighted by Crippen LogP contribution is 2.55. The fourth-order valence-corrected chi connectivity index (χ4v) is 7.26. The van der Waals surface area contributed by atoms with Gasteiger partial charge in [0.25, 0.3) is 0 Å². The van der Waals surface area contributed by atoms with Crippen LogP contribution in [0.25, 0.3) is 0 Å². The zero-order chi connectivity index (χ0) is 22.9. The molecule has 0 radical (unpaired) electrons. The number of aliphatic hydroxyl groups excluding tert-OH is 1. The number of aliphatic hydroxyl groups is 3. The number of hydrogen-bond acceptors (Lipinski definition) is 4. The molecule has 0 saturated heterocycles. The predicted octanol–water partition coefficient (Wildman–Crippen LogP) is 6.07. The highest BCUT2D eigenvalue weighted by molar-refractivity contribution is 8.00. The Morgan fingerprint density at radius 2 is 1.97 bits per heavy atom. The topological polar surface area (TPSA) is 60.7 Å². The average molecular weight is 447 g/mol. The lowest BCUT2D eigenvalue weighted by Crippen LogP contribution is -2.40. The van der Waals surface area contributed by atoms with Crippen molar-refractivity contribution in [3.05, 3.63) is 47.1 Å². The zero-order valence-electron chi connectivity index (χ0n) is 19.9. The normalized spacial score (nSPS) is 36.7. The third kappa shape index (κ3) is 5.08. The molecule has 3 N–H and O–H groups in total. The van der Waals surface area contributed by atoms with Crippen molar-refractivity contribution in [1.29, 1.82) is 0 Å². The largest absolute Gasteiger partial charge is 0.389 e. The maximum Gasteiger partial charge on any atom is 0.117 e. The van der Waals surface area contributed by atoms with Crippen LogP contribution in [-0.2, 0) is 0 Å². The third-order valence-electron chi connectivity index (χ3n) is 8.31. The van der Waals surface area contributed by atoms with Gasteiger partial charge in [-0.2, -0.15) is 0 Å². The van der Waals surface area contributed by atoms with Gasteiger partial charge in [-0.05, 0) is 67.4 Å². The highest BCUT2D eigenvalue weighted by atomic mass is 32.2. The Bertz CT molecular complexity index is 775. The fraction of sp³-hybridized carbons (Fsp3) is 0.704. The second-order valence-corrected chi connectivity index (χ2v) is 11.5. The Morgan fingerprint density at radius 1 is 1.26 bits per heavy atom. The van der Waals surface area contributed by atoms with E-state index in [2.05, 4.69) is 38.7 Å². The molecule has 3 aliphatic carbocycles. The van der Waals surface area contributed by atoms with Gasteiger partial charge in [0.05, 0.1) is 11.7 Å². The molecule has 0 heterocycles. The summed E-state index contributed by atoms with van der Waals surface area (Å²) in [6.07, 6.45) is 14.0. The van der Waals surface area contributed by atoms with Crippen molar-refractivity contribution < 1.29 is 15.3 Å². The molecule has 3 aliphatic rings. The van der Waals surface area contributed by atoms with Crippen molar-refractivity contribution in [2.45, 2.75) is 102 Å². The Kier molecular flexibility index (Phi) is 7.68. The summed E-state index contributed by atoms with van der Waals surface area (Å²) in [4.78, 5) is -1.07. The molecule has 3 nitrogen and oxygen atoms in total. The van der Waals surface area contributed by atoms with Gasteiger partial charge in [-0.1, -0.05) is 63.6 Å². The van der Waals surface area contributed by atoms with E-state index in [1.165, 1.54) is 30.2 Å². The quantitative estimate of drug-likeness (QED) is 0.328. The molecule has 0 unspecified atom stereocenters. The molecule has 0 aromatic carbocycles. The molecular formula is C27H42O3S. The second-order valence-electron chi connectivity index (χ2n) is 10.2. The Morgan fingerprint density at radius 3 is 2.61 bits per heavy atom. The fourth-order valence-electron chi connectivity index (χ4n) is 5.78. The lowest BCUT2D eigenvalue weighted by Gasteiger charge is -2.41. The lowest BCUT2D eigenvalue weighted by molar-refractivity contribution is 0.0461. The van der Waals surface area contributed by atoms with Gasteiger partial charge in [0.15, 0.2) is 0 Å². The summed E-state index contributed by atoms with van der Waals surface area (Å²) >= 11 is 1.38. The standard InChI is InChI=1S/C27H42O3S/c1-6-22-13-14-23-20(10-9-15-25(22,23)5)11-12-21-16-27(30,17-24(28)19(21)4)31-18-26(29,7-2)8-3/h11-13,23-24,28-30H,4,6-10,14-18H2,1-3,5H3/t23-,24-,25+,27-/m0/s1. The Labute approximate surface area is 193 Å². The molecule has 0 aromatic heterocycles. The van der Waals surface area contributed by atoms with Crippen LogP contribution < -0.4 is 0 Å². The van der Waals surface area contributed by atoms with Gasteiger partial charge in [0.2, 0.25) is 0 Å². The predicted molar refractivity (Wildman–Crippen MR) is 132 cm³/mol. The molecule has 4 heteroatoms. The Balaban J connectivity index is 1.78. The second kappa shape index (κ2) is 9.59. The van der Waals surface area contributed by atoms with Gasteiger partial charge in [0.1, 0.15) is 4.93 Å². The molecule has 0 bridgehead atoms. The van der Waals surface area contributed by atoms with Gasteiger partial charge >= 0.3 is 0 Å². The number of allylic oxidation sites excluding steroid dienone is 5. The molecule has 0 aliphatic heterocycles. The van der Waals surface area contributed by atoms with E-state index in [4.69, 9.17) is 0 Å². The summed E-state index contributed by atoms with van der Waals surface area (Å²) in [5.41, 5.74) is 4.29. The van der Waals surface area contributed by atoms with E-state index in [1.54, 1.807) is 5.57 Å². The van der Waals surface area contributed by atoms with Gasteiger partial charge < -0.3 is 15.3 Å². The van der Waals surface area contributed by atoms with Crippen LogP contribution in [0.15, 0.2) is 47.1 Å². The molecule has 0 spiro atoms. The van der Waals surface area contributed by atoms with Crippen LogP contribution in [0.2, 0.25) is 0 Å². The molecule has 31 heavy (non-hydrogen) atoms. The van der Waals surface area contributed by atoms with Crippen LogP contribution in [0.5, 0.6) is 0 Å². The van der Waals surface area contributed by atoms with E-state index in [1.807, 2.05) is 13.8 Å². The first kappa shape index (κ1) is 24.8. The Hall–Kier alpha value is -0.810. The summed E-state index contributed by atoms with van der Waals surface area (Å²) in [5, 5.41) is 32.5. The van der Waals surface area contributed by atoms with Crippen molar-refractivity contribution in [2.75, 3.05) is 5.75 Å². The molecule has 4 atom stereocenters. The van der Waals surface area contributed by atoms with E-state index >= 15 is 0 Å². The number of thioether (sulfide) groups is 1. The molecule has 2 fully saturated rings. The van der Waals surface area contributed by atoms with Crippen LogP contribution in [0.3, 0.4) is 0 Å². The summed E-state index contributed by atoms with van der Waals surface area (Å²) < 4.78 is 0. The van der Waals surface area contributed by atoms with E-state index in [0.717, 1.165) is 30.4 Å². The van der Waals surface area contributed by atoms with Crippen molar-refractivity contribution in [2.24, 2.45) is 11.3 Å². The molecule has 3 rings (SSSR count). The van der Waals surface area contributed by atoms with Crippen molar-refractivity contribution in [3.8, 4) is 0 Å². The van der Waals surface area contributed by atoms with Crippen LogP contribution in [-0.4, -0.2) is 37.7 Å². The molecular weight excluding hydrogens is 404 g/mol. The number of hydrogen-bond donors (Lipinski definition) is 3. The van der Waals surface area contributed by atoms with Gasteiger partial charge in [-0.25, -0.2) is 0 Å². The zero-order valence-corrected chi connectivity index (χ0v) is 20.7. The molecule has 0 aromatic rings. The molecule has 0 amide bonds. The summed E-state index contributed by atoms with van der Waals surface area (Å²) in [5.74, 6) is 1.04. The van der Waals surface area contributed by atoms with Crippen molar-refractivity contribution >= 4 is 11.8 Å². The number of fused-ring (bicyclic) bond motifs is 1. The van der Waals surface area contributed by atoms with E-state index in [0.29, 0.717) is 36.3 Å². The average Bonchev–Trinajstić information content (AvgIpc) is 3.10. The van der Waals surface area contributed by atoms with E-state index in [9.17, 15) is 15.3 Å². The first-order valence-corrected chi connectivity index (χ1v) is 13.1. The summed E-state index contributed by atoms with van der Waals surface area (Å²) in [6, 6.07) is 0. The maximum atomic E-state index is 11.3. The van der Waals surface area contributed by atoms with Crippen molar-refractivity contribution in [3.63, 3.8) is 0 Å². The third-order valence-corrected chi connectivity index (χ3v) is 9.84. The van der Waals surface area contributed by atoms with Gasteiger partial charge in [-0.15, -0.1) is 11.8 Å². The summed E-state index contributed by atoms with van der Waals surface area (Å²) in [6.45, 7) is 12.8.